The van der Waals surface area contributed by atoms with Crippen molar-refractivity contribution in [2.24, 2.45) is 7.05 Å². The smallest absolute Gasteiger partial charge is 0.261 e. The Labute approximate surface area is 326 Å². The highest BCUT2D eigenvalue weighted by Gasteiger charge is 2.36. The predicted molar refractivity (Wildman–Crippen MR) is 208 cm³/mol. The number of carbonyl (C=O) groups is 6. The molecule has 0 saturated carbocycles. The summed E-state index contributed by atoms with van der Waals surface area (Å²) >= 11 is 0. The van der Waals surface area contributed by atoms with Gasteiger partial charge in [0.25, 0.3) is 27.5 Å². The van der Waals surface area contributed by atoms with Crippen LogP contribution in [0.2, 0.25) is 0 Å². The fraction of sp³-hybridized carbons (Fsp3) is 0.195. The lowest BCUT2D eigenvalue weighted by atomic mass is 9.90. The molecule has 290 valence electrons. The van der Waals surface area contributed by atoms with E-state index >= 15 is 0 Å². The third-order valence-electron chi connectivity index (χ3n) is 9.24. The number of benzene rings is 3. The van der Waals surface area contributed by atoms with Crippen molar-refractivity contribution in [3.05, 3.63) is 124 Å². The van der Waals surface area contributed by atoms with Crippen LogP contribution in [0, 0.1) is 6.92 Å². The van der Waals surface area contributed by atoms with E-state index in [2.05, 4.69) is 24.9 Å². The van der Waals surface area contributed by atoms with Crippen LogP contribution in [-0.2, 0) is 23.6 Å². The monoisotopic (exact) mass is 788 g/mol. The van der Waals surface area contributed by atoms with Gasteiger partial charge < -0.3 is 14.5 Å². The van der Waals surface area contributed by atoms with Gasteiger partial charge in [0.05, 0.1) is 6.26 Å². The normalized spacial score (nSPS) is 13.4. The Hall–Kier alpha value is -6.78. The van der Waals surface area contributed by atoms with Gasteiger partial charge in [0.15, 0.2) is 0 Å². The number of nitrogens with one attached hydrogen (secondary N) is 2. The minimum atomic E-state index is -3.67. The number of nitrogens with zero attached hydrogens (tertiary/aromatic N) is 4. The van der Waals surface area contributed by atoms with E-state index in [1.807, 2.05) is 64.1 Å². The standard InChI is InChI=1S/C14H12N2O2.2C13H10N2O2.CH4O3S/c1-7(2)14-15-10-8-5-3-4-6-9(8)12(17)13(18)11(10)16-14;1-7-14-10-8-5-3-4-6-9(8)12(16)13(17)11(10)15(7)2;1-2-9-14-10-7-5-3-4-6-8(7)12(16)13(17)11(10)15-9;1-5(2,3)4/h3-7H,1-2H3,(H,15,16);3-6H,1-2H3;3-6H,2H2,1H3,(H,14,15);1H3,(H,2,3,4). The Morgan fingerprint density at radius 3 is 1.44 bits per heavy atom. The second-order valence-electron chi connectivity index (χ2n) is 13.5. The molecule has 0 amide bonds. The van der Waals surface area contributed by atoms with E-state index in [9.17, 15) is 37.2 Å². The predicted octanol–water partition coefficient (Wildman–Crippen LogP) is 5.88. The highest BCUT2D eigenvalue weighted by Crippen LogP contribution is 2.35. The van der Waals surface area contributed by atoms with Gasteiger partial charge in [-0.2, -0.15) is 8.42 Å². The van der Waals surface area contributed by atoms with Crippen molar-refractivity contribution in [3.8, 4) is 33.8 Å². The number of fused-ring (bicyclic) bond motifs is 9. The zero-order chi connectivity index (χ0) is 41.5. The van der Waals surface area contributed by atoms with Gasteiger partial charge in [-0.1, -0.05) is 93.6 Å². The topological polar surface area (TPSA) is 232 Å². The molecule has 0 radical (unpaired) electrons. The lowest BCUT2D eigenvalue weighted by molar-refractivity contribution is 0.0810. The highest BCUT2D eigenvalue weighted by molar-refractivity contribution is 7.85. The molecule has 0 saturated heterocycles. The number of rotatable bonds is 2. The van der Waals surface area contributed by atoms with Gasteiger partial charge in [-0.15, -0.1) is 0 Å². The summed E-state index contributed by atoms with van der Waals surface area (Å²) in [6, 6.07) is 21.3. The molecule has 3 aliphatic rings. The third-order valence-corrected chi connectivity index (χ3v) is 9.24. The summed E-state index contributed by atoms with van der Waals surface area (Å²) in [6.45, 7) is 7.74. The Morgan fingerprint density at radius 1 is 0.614 bits per heavy atom. The molecule has 6 aromatic rings. The Morgan fingerprint density at radius 2 is 1.00 bits per heavy atom. The van der Waals surface area contributed by atoms with Gasteiger partial charge in [-0.25, -0.2) is 15.0 Å². The number of hydrogen-bond acceptors (Lipinski definition) is 11. The van der Waals surface area contributed by atoms with Crippen molar-refractivity contribution >= 4 is 44.8 Å². The molecular weight excluding hydrogens is 753 g/mol. The van der Waals surface area contributed by atoms with Crippen LogP contribution in [0.5, 0.6) is 0 Å². The zero-order valence-electron chi connectivity index (χ0n) is 31.6. The number of hydrogen-bond donors (Lipinski definition) is 3. The van der Waals surface area contributed by atoms with Crippen LogP contribution in [0.3, 0.4) is 0 Å². The molecule has 15 nitrogen and oxygen atoms in total. The van der Waals surface area contributed by atoms with Gasteiger partial charge in [0.1, 0.15) is 51.6 Å². The van der Waals surface area contributed by atoms with Gasteiger partial charge in [-0.05, 0) is 6.92 Å². The lowest BCUT2D eigenvalue weighted by Crippen LogP contribution is -2.23. The summed E-state index contributed by atoms with van der Waals surface area (Å²) in [4.78, 5) is 90.8. The molecule has 0 spiro atoms. The molecule has 0 unspecified atom stereocenters. The fourth-order valence-electron chi connectivity index (χ4n) is 6.40. The van der Waals surface area contributed by atoms with E-state index < -0.39 is 44.8 Å². The van der Waals surface area contributed by atoms with Crippen LogP contribution in [0.25, 0.3) is 33.8 Å². The van der Waals surface area contributed by atoms with E-state index in [-0.39, 0.29) is 5.92 Å². The molecule has 3 aliphatic carbocycles. The maximum atomic E-state index is 12.0. The molecule has 0 atom stereocenters. The van der Waals surface area contributed by atoms with Crippen LogP contribution in [-0.4, -0.2) is 83.4 Å². The van der Waals surface area contributed by atoms with Gasteiger partial charge >= 0.3 is 0 Å². The molecule has 57 heavy (non-hydrogen) atoms. The quantitative estimate of drug-likeness (QED) is 0.138. The number of aryl methyl sites for hydroxylation is 2. The van der Waals surface area contributed by atoms with Gasteiger partial charge in [-0.3, -0.25) is 33.3 Å². The number of Topliss-reactive ketones (excluding diaryl/α,β-unsaturated/α-hetero) is 6. The van der Waals surface area contributed by atoms with Crippen molar-refractivity contribution in [3.63, 3.8) is 0 Å². The minimum absolute atomic E-state index is 0.186. The number of aromatic nitrogens is 6. The molecule has 0 fully saturated rings. The fourth-order valence-corrected chi connectivity index (χ4v) is 6.40. The summed E-state index contributed by atoms with van der Waals surface area (Å²) in [5.41, 5.74) is 6.41. The van der Waals surface area contributed by atoms with Crippen LogP contribution >= 0.6 is 0 Å². The van der Waals surface area contributed by atoms with Crippen molar-refractivity contribution in [2.45, 2.75) is 40.0 Å². The van der Waals surface area contributed by atoms with Crippen molar-refractivity contribution < 1.29 is 41.7 Å². The first-order chi connectivity index (χ1) is 26.9. The van der Waals surface area contributed by atoms with Crippen LogP contribution in [0.15, 0.2) is 72.8 Å². The molecule has 0 bridgehead atoms. The first kappa shape index (κ1) is 39.9. The molecule has 16 heteroatoms. The van der Waals surface area contributed by atoms with Crippen LogP contribution < -0.4 is 0 Å². The second kappa shape index (κ2) is 15.4. The Kier molecular flexibility index (Phi) is 10.8. The maximum absolute atomic E-state index is 12.0. The second-order valence-corrected chi connectivity index (χ2v) is 15.0. The zero-order valence-corrected chi connectivity index (χ0v) is 32.4. The molecular formula is C41H36N6O9S. The number of H-pyrrole nitrogens is 2. The first-order valence-electron chi connectivity index (χ1n) is 17.6. The van der Waals surface area contributed by atoms with Crippen molar-refractivity contribution in [1.29, 1.82) is 0 Å². The molecule has 3 aromatic carbocycles. The number of ketones is 6. The van der Waals surface area contributed by atoms with Gasteiger partial charge in [0.2, 0.25) is 17.3 Å². The molecule has 3 heterocycles. The molecule has 9 rings (SSSR count). The summed E-state index contributed by atoms with van der Waals surface area (Å²) in [7, 11) is -1.92. The molecule has 3 aromatic heterocycles. The van der Waals surface area contributed by atoms with Crippen LogP contribution in [0.1, 0.15) is 107 Å². The summed E-state index contributed by atoms with van der Waals surface area (Å²) in [6.07, 6.45) is 1.42. The van der Waals surface area contributed by atoms with E-state index in [1.165, 1.54) is 0 Å². The average molecular weight is 789 g/mol. The van der Waals surface area contributed by atoms with E-state index in [0.29, 0.717) is 63.5 Å². The molecule has 0 aliphatic heterocycles. The SMILES string of the molecule is CC(C)c1nc2c([nH]1)C(=O)C(=O)c1ccccc1-2.CCc1nc2c([nH]1)C(=O)C(=O)c1ccccc1-2.CS(=O)(=O)O.Cc1nc2c(n1C)C(=O)C(=O)c1ccccc1-2. The summed E-state index contributed by atoms with van der Waals surface area (Å²) in [5, 5.41) is 0. The van der Waals surface area contributed by atoms with E-state index in [4.69, 9.17) is 4.55 Å². The van der Waals surface area contributed by atoms with Crippen molar-refractivity contribution in [2.75, 3.05) is 6.26 Å². The number of aromatic amines is 2. The number of imidazole rings is 3. The largest absolute Gasteiger partial charge is 0.339 e. The highest BCUT2D eigenvalue weighted by atomic mass is 32.2. The van der Waals surface area contributed by atoms with Crippen LogP contribution in [0.4, 0.5) is 0 Å². The molecule has 3 N–H and O–H groups in total. The van der Waals surface area contributed by atoms with E-state index in [1.54, 1.807) is 48.0 Å². The van der Waals surface area contributed by atoms with E-state index in [0.717, 1.165) is 34.2 Å². The van der Waals surface area contributed by atoms with Crippen molar-refractivity contribution in [1.82, 2.24) is 29.5 Å². The third kappa shape index (κ3) is 7.59. The average Bonchev–Trinajstić information content (AvgIpc) is 3.91. The summed E-state index contributed by atoms with van der Waals surface area (Å²) < 4.78 is 27.5. The Bertz CT molecular complexity index is 2780. The number of carbonyl (C=O) groups excluding carboxylic acids is 6. The summed E-state index contributed by atoms with van der Waals surface area (Å²) in [5.74, 6) is -0.451. The minimum Gasteiger partial charge on any atom is -0.339 e. The maximum Gasteiger partial charge on any atom is 0.261 e. The Balaban J connectivity index is 0.000000136. The lowest BCUT2D eigenvalue weighted by Gasteiger charge is -2.13. The van der Waals surface area contributed by atoms with Gasteiger partial charge in [0, 0.05) is 52.8 Å². The first-order valence-corrected chi connectivity index (χ1v) is 19.5.